The van der Waals surface area contributed by atoms with E-state index in [1.54, 1.807) is 0 Å². The number of hydrogen-bond donors (Lipinski definition) is 1. The van der Waals surface area contributed by atoms with Gasteiger partial charge in [0, 0.05) is 26.2 Å². The lowest BCUT2D eigenvalue weighted by atomic mass is 10.3. The van der Waals surface area contributed by atoms with E-state index in [2.05, 4.69) is 5.32 Å². The molecule has 1 N–H and O–H groups in total. The Morgan fingerprint density at radius 2 is 2.29 bits per heavy atom. The van der Waals surface area contributed by atoms with E-state index in [-0.39, 0.29) is 11.2 Å². The molecule has 14 heavy (non-hydrogen) atoms. The zero-order valence-electron chi connectivity index (χ0n) is 8.32. The molecule has 78 valence electrons. The Kier molecular flexibility index (Phi) is 4.77. The van der Waals surface area contributed by atoms with Crippen LogP contribution in [-0.4, -0.2) is 48.0 Å². The molecule has 1 atom stereocenters. The van der Waals surface area contributed by atoms with Crippen LogP contribution in [-0.2, 0) is 4.79 Å². The summed E-state index contributed by atoms with van der Waals surface area (Å²) in [5.41, 5.74) is 0. The van der Waals surface area contributed by atoms with E-state index in [9.17, 15) is 4.79 Å². The molecule has 1 unspecified atom stereocenters. The van der Waals surface area contributed by atoms with Gasteiger partial charge >= 0.3 is 0 Å². The lowest BCUT2D eigenvalue weighted by molar-refractivity contribution is -0.130. The Morgan fingerprint density at radius 1 is 1.64 bits per heavy atom. The van der Waals surface area contributed by atoms with Crippen LogP contribution in [0.25, 0.3) is 0 Å². The number of nitrogens with one attached hydrogen (secondary N) is 1. The van der Waals surface area contributed by atoms with Crippen LogP contribution in [0.5, 0.6) is 0 Å². The van der Waals surface area contributed by atoms with E-state index in [0.717, 1.165) is 26.2 Å². The molecule has 0 bridgehead atoms. The highest BCUT2D eigenvalue weighted by atomic mass is 32.2. The van der Waals surface area contributed by atoms with Crippen molar-refractivity contribution in [1.29, 1.82) is 5.26 Å². The van der Waals surface area contributed by atoms with Crippen LogP contribution < -0.4 is 5.32 Å². The number of carbonyl (C=O) groups excluding carboxylic acids is 1. The van der Waals surface area contributed by atoms with Gasteiger partial charge in [-0.3, -0.25) is 4.79 Å². The lowest BCUT2D eigenvalue weighted by Gasteiger charge is -2.29. The quantitative estimate of drug-likeness (QED) is 0.720. The van der Waals surface area contributed by atoms with Crippen molar-refractivity contribution in [1.82, 2.24) is 10.2 Å². The molecule has 0 radical (unpaired) electrons. The van der Waals surface area contributed by atoms with Crippen LogP contribution in [0.2, 0.25) is 0 Å². The molecule has 1 fully saturated rings. The van der Waals surface area contributed by atoms with Crippen molar-refractivity contribution in [3.8, 4) is 6.07 Å². The number of rotatable bonds is 3. The molecule has 1 heterocycles. The van der Waals surface area contributed by atoms with Crippen molar-refractivity contribution in [2.45, 2.75) is 12.2 Å². The first-order chi connectivity index (χ1) is 6.75. The number of nitriles is 1. The van der Waals surface area contributed by atoms with Gasteiger partial charge in [0.15, 0.2) is 0 Å². The number of nitrogens with zero attached hydrogens (tertiary/aromatic N) is 2. The molecule has 0 aromatic heterocycles. The van der Waals surface area contributed by atoms with Gasteiger partial charge in [-0.2, -0.15) is 5.26 Å². The summed E-state index contributed by atoms with van der Waals surface area (Å²) >= 11 is 1.41. The molecule has 1 aliphatic heterocycles. The highest BCUT2D eigenvalue weighted by Gasteiger charge is 2.21. The fourth-order valence-electron chi connectivity index (χ4n) is 1.38. The monoisotopic (exact) mass is 213 g/mol. The van der Waals surface area contributed by atoms with Crippen molar-refractivity contribution in [3.05, 3.63) is 0 Å². The van der Waals surface area contributed by atoms with Gasteiger partial charge in [-0.25, -0.2) is 0 Å². The zero-order chi connectivity index (χ0) is 10.4. The van der Waals surface area contributed by atoms with Crippen molar-refractivity contribution >= 4 is 17.7 Å². The molecule has 1 aliphatic rings. The lowest BCUT2D eigenvalue weighted by Crippen LogP contribution is -2.48. The minimum Gasteiger partial charge on any atom is -0.339 e. The summed E-state index contributed by atoms with van der Waals surface area (Å²) in [7, 11) is 0. The van der Waals surface area contributed by atoms with Crippen molar-refractivity contribution in [2.75, 3.05) is 31.9 Å². The summed E-state index contributed by atoms with van der Waals surface area (Å²) in [6.45, 7) is 5.20. The average molecular weight is 213 g/mol. The second-order valence-electron chi connectivity index (χ2n) is 3.19. The van der Waals surface area contributed by atoms with E-state index in [1.807, 2.05) is 17.9 Å². The Balaban J connectivity index is 2.35. The first-order valence-corrected chi connectivity index (χ1v) is 5.78. The molecule has 4 nitrogen and oxygen atoms in total. The molecule has 0 aliphatic carbocycles. The van der Waals surface area contributed by atoms with Crippen LogP contribution in [0.3, 0.4) is 0 Å². The van der Waals surface area contributed by atoms with Crippen molar-refractivity contribution in [3.63, 3.8) is 0 Å². The van der Waals surface area contributed by atoms with E-state index in [4.69, 9.17) is 5.26 Å². The van der Waals surface area contributed by atoms with E-state index < -0.39 is 0 Å². The van der Waals surface area contributed by atoms with Gasteiger partial charge in [-0.1, -0.05) is 0 Å². The van der Waals surface area contributed by atoms with Crippen LogP contribution in [0.1, 0.15) is 6.92 Å². The minimum absolute atomic E-state index is 0.0900. The second kappa shape index (κ2) is 5.89. The molecule has 5 heteroatoms. The number of thioether (sulfide) groups is 1. The van der Waals surface area contributed by atoms with Gasteiger partial charge < -0.3 is 10.2 Å². The van der Waals surface area contributed by atoms with Gasteiger partial charge in [-0.15, -0.1) is 11.8 Å². The molecule has 0 spiro atoms. The summed E-state index contributed by atoms with van der Waals surface area (Å²) < 4.78 is 0. The van der Waals surface area contributed by atoms with E-state index >= 15 is 0 Å². The standard InChI is InChI=1S/C9H15N3OS/c1-8(14-7-2-10)9(13)12-5-3-11-4-6-12/h8,11H,3-7H2,1H3. The molecule has 1 amide bonds. The topological polar surface area (TPSA) is 56.1 Å². The summed E-state index contributed by atoms with van der Waals surface area (Å²) in [5, 5.41) is 11.5. The first-order valence-electron chi connectivity index (χ1n) is 4.73. The number of amides is 1. The van der Waals surface area contributed by atoms with Crippen LogP contribution >= 0.6 is 11.8 Å². The maximum atomic E-state index is 11.8. The van der Waals surface area contributed by atoms with E-state index in [1.165, 1.54) is 11.8 Å². The van der Waals surface area contributed by atoms with Crippen molar-refractivity contribution in [2.24, 2.45) is 0 Å². The molecule has 1 rings (SSSR count). The van der Waals surface area contributed by atoms with Crippen LogP contribution in [0.15, 0.2) is 0 Å². The smallest absolute Gasteiger partial charge is 0.235 e. The number of hydrogen-bond acceptors (Lipinski definition) is 4. The minimum atomic E-state index is -0.0900. The maximum Gasteiger partial charge on any atom is 0.235 e. The first kappa shape index (κ1) is 11.3. The fraction of sp³-hybridized carbons (Fsp3) is 0.778. The molecular weight excluding hydrogens is 198 g/mol. The van der Waals surface area contributed by atoms with Gasteiger partial charge in [-0.05, 0) is 6.92 Å². The number of piperazine rings is 1. The molecule has 0 aromatic carbocycles. The summed E-state index contributed by atoms with van der Waals surface area (Å²) in [4.78, 5) is 13.6. The van der Waals surface area contributed by atoms with Gasteiger partial charge in [0.1, 0.15) is 0 Å². The van der Waals surface area contributed by atoms with Crippen LogP contribution in [0.4, 0.5) is 0 Å². The summed E-state index contributed by atoms with van der Waals surface area (Å²) in [5.74, 6) is 0.547. The van der Waals surface area contributed by atoms with E-state index in [0.29, 0.717) is 5.75 Å². The predicted octanol–water partition coefficient (Wildman–Crippen LogP) is 0.0635. The summed E-state index contributed by atoms with van der Waals surface area (Å²) in [6, 6.07) is 2.04. The zero-order valence-corrected chi connectivity index (χ0v) is 9.14. The molecule has 1 saturated heterocycles. The van der Waals surface area contributed by atoms with Crippen molar-refractivity contribution < 1.29 is 4.79 Å². The van der Waals surface area contributed by atoms with Gasteiger partial charge in [0.25, 0.3) is 0 Å². The second-order valence-corrected chi connectivity index (χ2v) is 4.52. The molecular formula is C9H15N3OS. The Bertz CT molecular complexity index is 233. The molecule has 0 aromatic rings. The third-order valence-corrected chi connectivity index (χ3v) is 3.17. The highest BCUT2D eigenvalue weighted by molar-refractivity contribution is 8.00. The third kappa shape index (κ3) is 3.20. The largest absolute Gasteiger partial charge is 0.339 e. The predicted molar refractivity (Wildman–Crippen MR) is 57.0 cm³/mol. The SMILES string of the molecule is CC(SCC#N)C(=O)N1CCNCC1. The summed E-state index contributed by atoms with van der Waals surface area (Å²) in [6.07, 6.45) is 0. The van der Waals surface area contributed by atoms with Gasteiger partial charge in [0.2, 0.25) is 5.91 Å². The average Bonchev–Trinajstić information content (AvgIpc) is 2.26. The third-order valence-electron chi connectivity index (χ3n) is 2.17. The Morgan fingerprint density at radius 3 is 2.86 bits per heavy atom. The van der Waals surface area contributed by atoms with Crippen LogP contribution in [0, 0.1) is 11.3 Å². The normalized spacial score (nSPS) is 18.7. The highest BCUT2D eigenvalue weighted by Crippen LogP contribution is 2.12. The van der Waals surface area contributed by atoms with Gasteiger partial charge in [0.05, 0.1) is 17.1 Å². The Labute approximate surface area is 88.6 Å². The Hall–Kier alpha value is -0.730. The maximum absolute atomic E-state index is 11.8. The number of carbonyl (C=O) groups is 1. The molecule has 0 saturated carbocycles. The fourth-order valence-corrected chi connectivity index (χ4v) is 1.99.